The lowest BCUT2D eigenvalue weighted by molar-refractivity contribution is -0.128. The fourth-order valence-corrected chi connectivity index (χ4v) is 3.99. The van der Waals surface area contributed by atoms with E-state index < -0.39 is 0 Å². The first-order chi connectivity index (χ1) is 12.8. The van der Waals surface area contributed by atoms with Gasteiger partial charge in [0, 0.05) is 30.7 Å². The van der Waals surface area contributed by atoms with E-state index in [1.54, 1.807) is 19.0 Å². The van der Waals surface area contributed by atoms with Crippen molar-refractivity contribution >= 4 is 49.4 Å². The average molecular weight is 498 g/mol. The minimum absolute atomic E-state index is 0.0832. The first-order valence-corrected chi connectivity index (χ1v) is 10.0. The zero-order valence-electron chi connectivity index (χ0n) is 15.5. The molecule has 0 saturated carbocycles. The predicted molar refractivity (Wildman–Crippen MR) is 114 cm³/mol. The Morgan fingerprint density at radius 3 is 2.37 bits per heavy atom. The normalized spacial score (nSPS) is 10.4. The molecular formula is C20H22Br2N2O3. The van der Waals surface area contributed by atoms with Crippen molar-refractivity contribution in [2.75, 3.05) is 26.0 Å². The molecule has 7 heteroatoms. The van der Waals surface area contributed by atoms with Crippen molar-refractivity contribution in [3.63, 3.8) is 0 Å². The summed E-state index contributed by atoms with van der Waals surface area (Å²) >= 11 is 6.86. The van der Waals surface area contributed by atoms with E-state index in [0.29, 0.717) is 24.3 Å². The molecular weight excluding hydrogens is 476 g/mol. The first kappa shape index (κ1) is 21.4. The summed E-state index contributed by atoms with van der Waals surface area (Å²) in [5.74, 6) is 0.507. The average Bonchev–Trinajstić information content (AvgIpc) is 2.59. The maximum absolute atomic E-state index is 12.1. The van der Waals surface area contributed by atoms with E-state index in [2.05, 4.69) is 37.2 Å². The Balaban J connectivity index is 1.86. The molecule has 0 unspecified atom stereocenters. The maximum Gasteiger partial charge on any atom is 0.262 e. The fourth-order valence-electron chi connectivity index (χ4n) is 2.44. The smallest absolute Gasteiger partial charge is 0.262 e. The second kappa shape index (κ2) is 9.90. The molecule has 0 fully saturated rings. The zero-order valence-corrected chi connectivity index (χ0v) is 18.7. The van der Waals surface area contributed by atoms with Crippen LogP contribution >= 0.6 is 31.9 Å². The van der Waals surface area contributed by atoms with Crippen LogP contribution in [0.15, 0.2) is 45.3 Å². The zero-order chi connectivity index (χ0) is 20.0. The second-order valence-electron chi connectivity index (χ2n) is 6.36. The van der Waals surface area contributed by atoms with Gasteiger partial charge in [-0.3, -0.25) is 9.59 Å². The van der Waals surface area contributed by atoms with E-state index in [0.717, 1.165) is 20.1 Å². The van der Waals surface area contributed by atoms with E-state index in [1.807, 2.05) is 43.3 Å². The molecule has 0 aliphatic heterocycles. The van der Waals surface area contributed by atoms with Crippen LogP contribution < -0.4 is 10.1 Å². The topological polar surface area (TPSA) is 58.6 Å². The van der Waals surface area contributed by atoms with E-state index in [-0.39, 0.29) is 18.4 Å². The highest BCUT2D eigenvalue weighted by Gasteiger charge is 2.10. The van der Waals surface area contributed by atoms with Gasteiger partial charge < -0.3 is 15.0 Å². The molecule has 0 saturated heterocycles. The second-order valence-corrected chi connectivity index (χ2v) is 8.13. The van der Waals surface area contributed by atoms with Crippen LogP contribution in [-0.2, 0) is 16.0 Å². The van der Waals surface area contributed by atoms with Gasteiger partial charge in [-0.05, 0) is 64.7 Å². The lowest BCUT2D eigenvalue weighted by Gasteiger charge is -2.12. The third-order valence-electron chi connectivity index (χ3n) is 3.91. The van der Waals surface area contributed by atoms with E-state index >= 15 is 0 Å². The molecule has 0 aromatic heterocycles. The van der Waals surface area contributed by atoms with E-state index in [4.69, 9.17) is 4.74 Å². The highest BCUT2D eigenvalue weighted by molar-refractivity contribution is 9.11. The number of aryl methyl sites for hydroxylation is 2. The lowest BCUT2D eigenvalue weighted by Crippen LogP contribution is -2.21. The third-order valence-corrected chi connectivity index (χ3v) is 4.95. The Hall–Kier alpha value is -1.86. The molecule has 0 bridgehead atoms. The number of anilines is 1. The van der Waals surface area contributed by atoms with Crippen molar-refractivity contribution < 1.29 is 14.3 Å². The molecule has 0 spiro atoms. The van der Waals surface area contributed by atoms with Gasteiger partial charge in [-0.15, -0.1) is 0 Å². The standard InChI is InChI=1S/C20H22Br2N2O3/c1-13-10-15(21)11-17(22)20(13)27-12-18(25)23-16-7-4-14(5-8-16)6-9-19(26)24(2)3/h4-5,7-8,10-11H,6,9,12H2,1-3H3,(H,23,25). The number of halogens is 2. The Kier molecular flexibility index (Phi) is 7.86. The van der Waals surface area contributed by atoms with Crippen molar-refractivity contribution in [3.05, 3.63) is 56.5 Å². The van der Waals surface area contributed by atoms with Crippen molar-refractivity contribution in [2.45, 2.75) is 19.8 Å². The quantitative estimate of drug-likeness (QED) is 0.610. The van der Waals surface area contributed by atoms with Gasteiger partial charge in [0.15, 0.2) is 6.61 Å². The molecule has 5 nitrogen and oxygen atoms in total. The molecule has 0 heterocycles. The molecule has 0 radical (unpaired) electrons. The number of nitrogens with one attached hydrogen (secondary N) is 1. The molecule has 2 rings (SSSR count). The van der Waals surface area contributed by atoms with Crippen LogP contribution in [0.5, 0.6) is 5.75 Å². The minimum Gasteiger partial charge on any atom is -0.482 e. The summed E-state index contributed by atoms with van der Waals surface area (Å²) in [5.41, 5.74) is 2.67. The summed E-state index contributed by atoms with van der Waals surface area (Å²) in [6, 6.07) is 11.3. The Morgan fingerprint density at radius 1 is 1.11 bits per heavy atom. The molecule has 2 aromatic carbocycles. The van der Waals surface area contributed by atoms with Crippen LogP contribution in [-0.4, -0.2) is 37.4 Å². The van der Waals surface area contributed by atoms with Crippen LogP contribution in [0, 0.1) is 6.92 Å². The van der Waals surface area contributed by atoms with Crippen LogP contribution in [0.25, 0.3) is 0 Å². The Labute approximate surface area is 176 Å². The number of amides is 2. The SMILES string of the molecule is Cc1cc(Br)cc(Br)c1OCC(=O)Nc1ccc(CCC(=O)N(C)C)cc1. The molecule has 27 heavy (non-hydrogen) atoms. The van der Waals surface area contributed by atoms with Gasteiger partial charge in [0.2, 0.25) is 5.91 Å². The van der Waals surface area contributed by atoms with E-state index in [1.165, 1.54) is 0 Å². The summed E-state index contributed by atoms with van der Waals surface area (Å²) in [5, 5.41) is 2.81. The molecule has 1 N–H and O–H groups in total. The van der Waals surface area contributed by atoms with Crippen molar-refractivity contribution in [2.24, 2.45) is 0 Å². The van der Waals surface area contributed by atoms with Crippen LogP contribution in [0.3, 0.4) is 0 Å². The summed E-state index contributed by atoms with van der Waals surface area (Å²) < 4.78 is 7.38. The van der Waals surface area contributed by atoms with Crippen LogP contribution in [0.2, 0.25) is 0 Å². The minimum atomic E-state index is -0.236. The van der Waals surface area contributed by atoms with Crippen molar-refractivity contribution in [1.29, 1.82) is 0 Å². The lowest BCUT2D eigenvalue weighted by atomic mass is 10.1. The number of rotatable bonds is 7. The highest BCUT2D eigenvalue weighted by Crippen LogP contribution is 2.32. The van der Waals surface area contributed by atoms with Gasteiger partial charge in [0.25, 0.3) is 5.91 Å². The van der Waals surface area contributed by atoms with Gasteiger partial charge in [-0.2, -0.15) is 0 Å². The Bertz CT molecular complexity index is 797. The van der Waals surface area contributed by atoms with Gasteiger partial charge in [-0.25, -0.2) is 0 Å². The Morgan fingerprint density at radius 2 is 1.78 bits per heavy atom. The first-order valence-electron chi connectivity index (χ1n) is 8.43. The summed E-state index contributed by atoms with van der Waals surface area (Å²) in [4.78, 5) is 25.4. The van der Waals surface area contributed by atoms with Gasteiger partial charge >= 0.3 is 0 Å². The summed E-state index contributed by atoms with van der Waals surface area (Å²) in [6.07, 6.45) is 1.14. The fraction of sp³-hybridized carbons (Fsp3) is 0.300. The van der Waals surface area contributed by atoms with E-state index in [9.17, 15) is 9.59 Å². The van der Waals surface area contributed by atoms with Gasteiger partial charge in [-0.1, -0.05) is 28.1 Å². The van der Waals surface area contributed by atoms with Crippen molar-refractivity contribution in [1.82, 2.24) is 4.90 Å². The number of nitrogens with zero attached hydrogens (tertiary/aromatic N) is 1. The predicted octanol–water partition coefficient (Wildman–Crippen LogP) is 4.56. The monoisotopic (exact) mass is 496 g/mol. The number of hydrogen-bond acceptors (Lipinski definition) is 3. The molecule has 0 atom stereocenters. The molecule has 0 aliphatic carbocycles. The van der Waals surface area contributed by atoms with Gasteiger partial charge in [0.1, 0.15) is 5.75 Å². The number of carbonyl (C=O) groups is 2. The van der Waals surface area contributed by atoms with Crippen LogP contribution in [0.1, 0.15) is 17.5 Å². The largest absolute Gasteiger partial charge is 0.482 e. The number of carbonyl (C=O) groups excluding carboxylic acids is 2. The molecule has 2 amide bonds. The third kappa shape index (κ3) is 6.66. The number of hydrogen-bond donors (Lipinski definition) is 1. The summed E-state index contributed by atoms with van der Waals surface area (Å²) in [6.45, 7) is 1.84. The highest BCUT2D eigenvalue weighted by atomic mass is 79.9. The summed E-state index contributed by atoms with van der Waals surface area (Å²) in [7, 11) is 3.49. The maximum atomic E-state index is 12.1. The molecule has 2 aromatic rings. The molecule has 144 valence electrons. The number of benzene rings is 2. The van der Waals surface area contributed by atoms with Crippen LogP contribution in [0.4, 0.5) is 5.69 Å². The number of ether oxygens (including phenoxy) is 1. The van der Waals surface area contributed by atoms with Crippen molar-refractivity contribution in [3.8, 4) is 5.75 Å². The van der Waals surface area contributed by atoms with Gasteiger partial charge in [0.05, 0.1) is 4.47 Å². The molecule has 0 aliphatic rings.